The average Bonchev–Trinajstić information content (AvgIpc) is 3.27. The van der Waals surface area contributed by atoms with Crippen LogP contribution in [0.3, 0.4) is 0 Å². The highest BCUT2D eigenvalue weighted by atomic mass is 19.4. The molecule has 0 saturated carbocycles. The van der Waals surface area contributed by atoms with Gasteiger partial charge in [0.25, 0.3) is 11.8 Å². The highest BCUT2D eigenvalue weighted by Gasteiger charge is 2.55. The maximum absolute atomic E-state index is 14.0. The molecular formula is C25H22F4N6O3. The lowest BCUT2D eigenvalue weighted by Crippen LogP contribution is -2.60. The molecule has 1 unspecified atom stereocenters. The molecule has 0 aliphatic rings. The lowest BCUT2D eigenvalue weighted by Gasteiger charge is -2.34. The minimum atomic E-state index is -5.21. The molecule has 2 aromatic heterocycles. The van der Waals surface area contributed by atoms with Gasteiger partial charge in [-0.05, 0) is 36.4 Å². The van der Waals surface area contributed by atoms with Crippen molar-refractivity contribution >= 4 is 28.5 Å². The molecule has 0 aliphatic heterocycles. The Morgan fingerprint density at radius 2 is 1.76 bits per heavy atom. The van der Waals surface area contributed by atoms with Crippen molar-refractivity contribution in [2.45, 2.75) is 11.8 Å². The third kappa shape index (κ3) is 5.13. The summed E-state index contributed by atoms with van der Waals surface area (Å²) in [6.07, 6.45) is -2.73. The zero-order valence-electron chi connectivity index (χ0n) is 19.9. The predicted octanol–water partition coefficient (Wildman–Crippen LogP) is 2.94. The number of aliphatic hydroxyl groups is 1. The van der Waals surface area contributed by atoms with Gasteiger partial charge in [-0.25, -0.2) is 9.07 Å². The summed E-state index contributed by atoms with van der Waals surface area (Å²) in [5.74, 6) is -2.55. The number of benzene rings is 2. The normalized spacial score (nSPS) is 13.2. The molecular weight excluding hydrogens is 508 g/mol. The van der Waals surface area contributed by atoms with Gasteiger partial charge in [-0.3, -0.25) is 14.6 Å². The molecule has 0 aliphatic carbocycles. The first-order chi connectivity index (χ1) is 17.9. The number of nitrogens with two attached hydrogens (primary N) is 1. The summed E-state index contributed by atoms with van der Waals surface area (Å²) < 4.78 is 56.1. The fourth-order valence-corrected chi connectivity index (χ4v) is 3.83. The van der Waals surface area contributed by atoms with E-state index >= 15 is 0 Å². The smallest absolute Gasteiger partial charge is 0.383 e. The Balaban J connectivity index is 1.51. The number of likely N-dealkylation sites (N-methyl/N-ethyl adjacent to an activating group) is 1. The van der Waals surface area contributed by atoms with Crippen molar-refractivity contribution in [3.05, 3.63) is 83.9 Å². The number of anilines is 1. The van der Waals surface area contributed by atoms with Crippen LogP contribution in [0.2, 0.25) is 0 Å². The monoisotopic (exact) mass is 530 g/mol. The second kappa shape index (κ2) is 10.1. The highest BCUT2D eigenvalue weighted by molar-refractivity contribution is 6.05. The van der Waals surface area contributed by atoms with Crippen molar-refractivity contribution in [3.63, 3.8) is 0 Å². The second-order valence-electron chi connectivity index (χ2n) is 8.59. The van der Waals surface area contributed by atoms with Crippen LogP contribution in [0.4, 0.5) is 23.4 Å². The van der Waals surface area contributed by atoms with Crippen molar-refractivity contribution in [2.75, 3.05) is 25.9 Å². The average molecular weight is 530 g/mol. The molecule has 0 saturated heterocycles. The molecule has 4 N–H and O–H groups in total. The minimum Gasteiger partial charge on any atom is -0.383 e. The van der Waals surface area contributed by atoms with E-state index in [1.807, 2.05) is 5.32 Å². The number of aromatic nitrogens is 3. The van der Waals surface area contributed by atoms with E-state index in [4.69, 9.17) is 5.73 Å². The van der Waals surface area contributed by atoms with Gasteiger partial charge in [-0.1, -0.05) is 18.2 Å². The van der Waals surface area contributed by atoms with Crippen LogP contribution in [0.15, 0.2) is 67.0 Å². The fraction of sp³-hybridized carbons (Fsp3) is 0.200. The van der Waals surface area contributed by atoms with Gasteiger partial charge in [0.05, 0.1) is 36.1 Å². The molecule has 198 valence electrons. The SMILES string of the molecule is CN(CC(O)(CNC(=O)c1cnn(-c2ccc(F)cc2)c1N)C(F)(F)F)C(=O)c1cccc2cccnc12. The first-order valence-corrected chi connectivity index (χ1v) is 11.2. The Labute approximate surface area is 213 Å². The number of alkyl halides is 3. The number of hydrogen-bond acceptors (Lipinski definition) is 6. The zero-order valence-corrected chi connectivity index (χ0v) is 19.9. The highest BCUT2D eigenvalue weighted by Crippen LogP contribution is 2.31. The van der Waals surface area contributed by atoms with Crippen molar-refractivity contribution in [1.82, 2.24) is 25.0 Å². The minimum absolute atomic E-state index is 0.0557. The Kier molecular flexibility index (Phi) is 7.05. The van der Waals surface area contributed by atoms with Crippen LogP contribution in [0.25, 0.3) is 16.6 Å². The summed E-state index contributed by atoms with van der Waals surface area (Å²) >= 11 is 0. The Morgan fingerprint density at radius 1 is 1.08 bits per heavy atom. The van der Waals surface area contributed by atoms with Crippen molar-refractivity contribution in [2.24, 2.45) is 0 Å². The van der Waals surface area contributed by atoms with Crippen LogP contribution < -0.4 is 11.1 Å². The van der Waals surface area contributed by atoms with Crippen molar-refractivity contribution < 1.29 is 32.3 Å². The van der Waals surface area contributed by atoms with E-state index in [0.717, 1.165) is 30.1 Å². The third-order valence-corrected chi connectivity index (χ3v) is 5.90. The summed E-state index contributed by atoms with van der Waals surface area (Å²) in [6.45, 7) is -2.45. The predicted molar refractivity (Wildman–Crippen MR) is 130 cm³/mol. The Bertz CT molecular complexity index is 1480. The van der Waals surface area contributed by atoms with Crippen molar-refractivity contribution in [1.29, 1.82) is 0 Å². The molecule has 2 amide bonds. The summed E-state index contributed by atoms with van der Waals surface area (Å²) in [5.41, 5.74) is 2.85. The van der Waals surface area contributed by atoms with Gasteiger partial charge in [-0.15, -0.1) is 0 Å². The topological polar surface area (TPSA) is 126 Å². The number of nitrogen functional groups attached to an aromatic ring is 1. The van der Waals surface area contributed by atoms with E-state index in [0.29, 0.717) is 21.5 Å². The summed E-state index contributed by atoms with van der Waals surface area (Å²) in [4.78, 5) is 30.5. The number of nitrogens with zero attached hydrogens (tertiary/aromatic N) is 4. The van der Waals surface area contributed by atoms with E-state index < -0.39 is 42.5 Å². The van der Waals surface area contributed by atoms with Crippen LogP contribution in [0, 0.1) is 5.82 Å². The largest absolute Gasteiger partial charge is 0.420 e. The molecule has 0 bridgehead atoms. The first-order valence-electron chi connectivity index (χ1n) is 11.2. The molecule has 4 aromatic rings. The van der Waals surface area contributed by atoms with Gasteiger partial charge in [0.2, 0.25) is 0 Å². The molecule has 2 aromatic carbocycles. The van der Waals surface area contributed by atoms with E-state index in [2.05, 4.69) is 10.1 Å². The van der Waals surface area contributed by atoms with Crippen molar-refractivity contribution in [3.8, 4) is 5.69 Å². The number of fused-ring (bicyclic) bond motifs is 1. The molecule has 0 radical (unpaired) electrons. The van der Waals surface area contributed by atoms with Gasteiger partial charge in [0, 0.05) is 18.6 Å². The molecule has 13 heteroatoms. The molecule has 4 rings (SSSR count). The maximum atomic E-state index is 14.0. The van der Waals surface area contributed by atoms with Crippen LogP contribution in [0.5, 0.6) is 0 Å². The van der Waals surface area contributed by atoms with Crippen LogP contribution in [-0.2, 0) is 0 Å². The molecule has 1 atom stereocenters. The number of carbonyl (C=O) groups excluding carboxylic acids is 2. The summed E-state index contributed by atoms with van der Waals surface area (Å²) in [6, 6.07) is 13.0. The van der Waals surface area contributed by atoms with Gasteiger partial charge in [-0.2, -0.15) is 18.3 Å². The van der Waals surface area contributed by atoms with Crippen LogP contribution in [-0.4, -0.2) is 68.5 Å². The van der Waals surface area contributed by atoms with Gasteiger partial charge in [0.1, 0.15) is 17.2 Å². The Hall–Kier alpha value is -4.52. The number of rotatable bonds is 7. The molecule has 9 nitrogen and oxygen atoms in total. The number of carbonyl (C=O) groups is 2. The van der Waals surface area contributed by atoms with E-state index in [1.165, 1.54) is 24.4 Å². The number of nitrogens with one attached hydrogen (secondary N) is 1. The number of amides is 2. The molecule has 0 spiro atoms. The quantitative estimate of drug-likeness (QED) is 0.316. The zero-order chi connectivity index (χ0) is 27.7. The summed E-state index contributed by atoms with van der Waals surface area (Å²) in [7, 11) is 1.10. The van der Waals surface area contributed by atoms with Gasteiger partial charge in [0.15, 0.2) is 5.60 Å². The lowest BCUT2D eigenvalue weighted by molar-refractivity contribution is -0.259. The van der Waals surface area contributed by atoms with Gasteiger partial charge < -0.3 is 21.1 Å². The fourth-order valence-electron chi connectivity index (χ4n) is 3.83. The van der Waals surface area contributed by atoms with E-state index in [1.54, 1.807) is 24.3 Å². The standard InChI is InChI=1S/C25H22F4N6O3/c1-34(23(37)18-6-2-4-15-5-3-11-31-20(15)18)14-24(38,25(27,28)29)13-32-22(36)19-12-33-35(21(19)30)17-9-7-16(26)8-10-17/h2-12,38H,13-14,30H2,1H3,(H,32,36). The summed E-state index contributed by atoms with van der Waals surface area (Å²) in [5, 5.41) is 17.1. The second-order valence-corrected chi connectivity index (χ2v) is 8.59. The number of halogens is 4. The first kappa shape index (κ1) is 26.5. The maximum Gasteiger partial charge on any atom is 0.420 e. The molecule has 0 fully saturated rings. The number of hydrogen-bond donors (Lipinski definition) is 3. The number of para-hydroxylation sites is 1. The lowest BCUT2D eigenvalue weighted by atomic mass is 10.0. The molecule has 2 heterocycles. The van der Waals surface area contributed by atoms with Gasteiger partial charge >= 0.3 is 6.18 Å². The van der Waals surface area contributed by atoms with Crippen LogP contribution >= 0.6 is 0 Å². The molecule has 38 heavy (non-hydrogen) atoms. The Morgan fingerprint density at radius 3 is 2.45 bits per heavy atom. The number of pyridine rings is 1. The van der Waals surface area contributed by atoms with Crippen LogP contribution in [0.1, 0.15) is 20.7 Å². The van der Waals surface area contributed by atoms with E-state index in [9.17, 15) is 32.3 Å². The third-order valence-electron chi connectivity index (χ3n) is 5.90. The van der Waals surface area contributed by atoms with E-state index in [-0.39, 0.29) is 16.9 Å².